The molecule has 1 aromatic heterocycles. The second-order valence-electron chi connectivity index (χ2n) is 9.95. The fraction of sp³-hybridized carbons (Fsp3) is 0.600. The maximum Gasteiger partial charge on any atom is 0.293 e. The number of aromatic nitrogens is 1. The molecule has 2 aromatic rings. The van der Waals surface area contributed by atoms with Crippen LogP contribution in [0.2, 0.25) is 0 Å². The highest BCUT2D eigenvalue weighted by atomic mass is 32.2. The molecule has 194 valence electrons. The zero-order valence-electron chi connectivity index (χ0n) is 21.3. The highest BCUT2D eigenvalue weighted by Gasteiger charge is 2.28. The minimum atomic E-state index is -3.32. The predicted molar refractivity (Wildman–Crippen MR) is 137 cm³/mol. The third-order valence-electron chi connectivity index (χ3n) is 6.92. The van der Waals surface area contributed by atoms with Gasteiger partial charge in [-0.2, -0.15) is 0 Å². The molecule has 1 unspecified atom stereocenters. The van der Waals surface area contributed by atoms with Gasteiger partial charge in [0.15, 0.2) is 0 Å². The average molecular weight is 507 g/mol. The molecule has 2 heterocycles. The van der Waals surface area contributed by atoms with Gasteiger partial charge in [-0.3, -0.25) is 14.5 Å². The summed E-state index contributed by atoms with van der Waals surface area (Å²) in [5, 5.41) is 13.9. The molecule has 1 amide bonds. The average Bonchev–Trinajstić information content (AvgIpc) is 3.18. The van der Waals surface area contributed by atoms with Crippen LogP contribution < -0.4 is 5.32 Å². The van der Waals surface area contributed by atoms with Crippen molar-refractivity contribution in [2.45, 2.75) is 58.3 Å². The number of likely N-dealkylation sites (tertiary alicyclic amines) is 1. The van der Waals surface area contributed by atoms with Crippen molar-refractivity contribution in [1.82, 2.24) is 19.1 Å². The van der Waals surface area contributed by atoms with Crippen molar-refractivity contribution >= 4 is 32.6 Å². The van der Waals surface area contributed by atoms with E-state index in [0.29, 0.717) is 12.0 Å². The third-order valence-corrected chi connectivity index (χ3v) is 8.21. The molecule has 9 nitrogen and oxygen atoms in total. The monoisotopic (exact) mass is 506 g/mol. The molecule has 2 N–H and O–H groups in total. The first-order chi connectivity index (χ1) is 16.4. The summed E-state index contributed by atoms with van der Waals surface area (Å²) in [4.78, 5) is 28.0. The van der Waals surface area contributed by atoms with E-state index in [2.05, 4.69) is 10.2 Å². The van der Waals surface area contributed by atoms with Crippen molar-refractivity contribution in [2.24, 2.45) is 5.92 Å². The van der Waals surface area contributed by atoms with Gasteiger partial charge in [0.05, 0.1) is 24.1 Å². The summed E-state index contributed by atoms with van der Waals surface area (Å²) in [6, 6.07) is 7.77. The first kappa shape index (κ1) is 27.3. The third kappa shape index (κ3) is 6.69. The van der Waals surface area contributed by atoms with Gasteiger partial charge in [0, 0.05) is 49.8 Å². The van der Waals surface area contributed by atoms with Crippen molar-refractivity contribution in [3.05, 3.63) is 36.0 Å². The summed E-state index contributed by atoms with van der Waals surface area (Å²) in [5.41, 5.74) is 1.34. The zero-order chi connectivity index (χ0) is 25.9. The molecular weight excluding hydrogens is 468 g/mol. The standard InChI is InChI=1S/C25H38N4O5S/c1-17(2)29-16-22(21-8-6-7-9-23(21)29)24(31)25(32)26-18(3)28-12-10-19(11-13-28)14-20(30)15-27(4)35(5,33)34/h6-9,16-20,30H,10-15H2,1-5H3,(H,26,32)/t18?,20-/m1/s1. The number of sulfonamides is 1. The number of fused-ring (bicyclic) bond motifs is 1. The molecule has 10 heteroatoms. The number of aliphatic hydroxyl groups excluding tert-OH is 1. The van der Waals surface area contributed by atoms with Gasteiger partial charge in [-0.05, 0) is 52.0 Å². The number of aliphatic hydroxyl groups is 1. The Labute approximate surface area is 208 Å². The Hall–Kier alpha value is -2.27. The number of carbonyl (C=O) groups excluding carboxylic acids is 2. The van der Waals surface area contributed by atoms with Crippen LogP contribution >= 0.6 is 0 Å². The number of hydrogen-bond acceptors (Lipinski definition) is 6. The van der Waals surface area contributed by atoms with E-state index < -0.39 is 27.8 Å². The quantitative estimate of drug-likeness (QED) is 0.378. The van der Waals surface area contributed by atoms with E-state index in [1.807, 2.05) is 49.6 Å². The Bertz CT molecular complexity index is 1150. The van der Waals surface area contributed by atoms with Gasteiger partial charge in [0.2, 0.25) is 10.0 Å². The Morgan fingerprint density at radius 3 is 2.40 bits per heavy atom. The number of ketones is 1. The minimum Gasteiger partial charge on any atom is -0.392 e. The number of nitrogens with zero attached hydrogens (tertiary/aromatic N) is 3. The molecule has 1 saturated heterocycles. The van der Waals surface area contributed by atoms with Crippen LogP contribution in [0.5, 0.6) is 0 Å². The molecule has 1 aliphatic heterocycles. The number of nitrogens with one attached hydrogen (secondary N) is 1. The molecule has 1 aromatic carbocycles. The van der Waals surface area contributed by atoms with Gasteiger partial charge < -0.3 is 15.0 Å². The van der Waals surface area contributed by atoms with E-state index in [0.717, 1.165) is 43.1 Å². The van der Waals surface area contributed by atoms with Crippen LogP contribution in [0.25, 0.3) is 10.9 Å². The predicted octanol–water partition coefficient (Wildman–Crippen LogP) is 2.22. The second kappa shape index (κ2) is 11.2. The molecule has 2 atom stereocenters. The summed E-state index contributed by atoms with van der Waals surface area (Å²) < 4.78 is 26.3. The van der Waals surface area contributed by atoms with Gasteiger partial charge in [-0.1, -0.05) is 18.2 Å². The van der Waals surface area contributed by atoms with Gasteiger partial charge in [0.25, 0.3) is 11.7 Å². The second-order valence-corrected chi connectivity index (χ2v) is 12.0. The van der Waals surface area contributed by atoms with E-state index >= 15 is 0 Å². The number of carbonyl (C=O) groups is 2. The first-order valence-corrected chi connectivity index (χ1v) is 14.0. The molecular formula is C25H38N4O5S. The molecule has 35 heavy (non-hydrogen) atoms. The summed E-state index contributed by atoms with van der Waals surface area (Å²) in [6.45, 7) is 7.48. The first-order valence-electron chi connectivity index (χ1n) is 12.2. The van der Waals surface area contributed by atoms with Gasteiger partial charge in [0.1, 0.15) is 0 Å². The number of piperidine rings is 1. The zero-order valence-corrected chi connectivity index (χ0v) is 22.1. The van der Waals surface area contributed by atoms with Crippen molar-refractivity contribution < 1.29 is 23.1 Å². The number of likely N-dealkylation sites (N-methyl/N-ethyl adjacent to an activating group) is 1. The van der Waals surface area contributed by atoms with Crippen LogP contribution in [-0.4, -0.2) is 84.2 Å². The molecule has 0 radical (unpaired) electrons. The van der Waals surface area contributed by atoms with Crippen LogP contribution in [0.1, 0.15) is 56.4 Å². The largest absolute Gasteiger partial charge is 0.392 e. The van der Waals surface area contributed by atoms with Gasteiger partial charge in [-0.25, -0.2) is 12.7 Å². The van der Waals surface area contributed by atoms with Crippen LogP contribution in [0.3, 0.4) is 0 Å². The van der Waals surface area contributed by atoms with E-state index in [1.54, 1.807) is 6.20 Å². The van der Waals surface area contributed by atoms with Gasteiger partial charge >= 0.3 is 0 Å². The Kier molecular flexibility index (Phi) is 8.74. The number of benzene rings is 1. The molecule has 0 saturated carbocycles. The maximum absolute atomic E-state index is 13.0. The van der Waals surface area contributed by atoms with Crippen molar-refractivity contribution in [1.29, 1.82) is 0 Å². The Balaban J connectivity index is 1.54. The Morgan fingerprint density at radius 2 is 1.80 bits per heavy atom. The topological polar surface area (TPSA) is 112 Å². The van der Waals surface area contributed by atoms with E-state index in [-0.39, 0.29) is 24.7 Å². The smallest absolute Gasteiger partial charge is 0.293 e. The SMILES string of the molecule is CC(NC(=O)C(=O)c1cn(C(C)C)c2ccccc12)N1CCC(C[C@@H](O)CN(C)S(C)(=O)=O)CC1. The highest BCUT2D eigenvalue weighted by Crippen LogP contribution is 2.26. The molecule has 1 fully saturated rings. The number of amides is 1. The fourth-order valence-electron chi connectivity index (χ4n) is 4.75. The molecule has 0 bridgehead atoms. The lowest BCUT2D eigenvalue weighted by Gasteiger charge is -2.36. The lowest BCUT2D eigenvalue weighted by Crippen LogP contribution is -2.51. The van der Waals surface area contributed by atoms with Crippen LogP contribution in [0.15, 0.2) is 30.5 Å². The number of para-hydroxylation sites is 1. The van der Waals surface area contributed by atoms with Crippen LogP contribution in [0.4, 0.5) is 0 Å². The molecule has 3 rings (SSSR count). The Morgan fingerprint density at radius 1 is 1.17 bits per heavy atom. The lowest BCUT2D eigenvalue weighted by molar-refractivity contribution is -0.118. The van der Waals surface area contributed by atoms with Crippen LogP contribution in [0, 0.1) is 5.92 Å². The normalized spacial score (nSPS) is 17.7. The van der Waals surface area contributed by atoms with E-state index in [1.165, 1.54) is 11.4 Å². The summed E-state index contributed by atoms with van der Waals surface area (Å²) >= 11 is 0. The number of hydrogen-bond donors (Lipinski definition) is 2. The highest BCUT2D eigenvalue weighted by molar-refractivity contribution is 7.88. The molecule has 0 spiro atoms. The number of Topliss-reactive ketones (excluding diaryl/α,β-unsaturated/α-hetero) is 1. The molecule has 0 aliphatic carbocycles. The number of rotatable bonds is 10. The van der Waals surface area contributed by atoms with E-state index in [4.69, 9.17) is 0 Å². The summed E-state index contributed by atoms with van der Waals surface area (Å²) in [5.74, 6) is -0.883. The minimum absolute atomic E-state index is 0.0842. The van der Waals surface area contributed by atoms with Crippen LogP contribution in [-0.2, 0) is 14.8 Å². The molecule has 1 aliphatic rings. The maximum atomic E-state index is 13.0. The summed E-state index contributed by atoms with van der Waals surface area (Å²) in [7, 11) is -1.85. The summed E-state index contributed by atoms with van der Waals surface area (Å²) in [6.07, 6.45) is 4.07. The van der Waals surface area contributed by atoms with Gasteiger partial charge in [-0.15, -0.1) is 0 Å². The van der Waals surface area contributed by atoms with Crippen molar-refractivity contribution in [2.75, 3.05) is 32.9 Å². The van der Waals surface area contributed by atoms with E-state index in [9.17, 15) is 23.1 Å². The fourth-order valence-corrected chi connectivity index (χ4v) is 5.19. The van der Waals surface area contributed by atoms with Crippen molar-refractivity contribution in [3.63, 3.8) is 0 Å². The van der Waals surface area contributed by atoms with Crippen molar-refractivity contribution in [3.8, 4) is 0 Å². The lowest BCUT2D eigenvalue weighted by atomic mass is 9.91.